The molecule has 0 aliphatic carbocycles. The van der Waals surface area contributed by atoms with Crippen molar-refractivity contribution in [2.24, 2.45) is 0 Å². The first-order valence-electron chi connectivity index (χ1n) is 10.6. The zero-order chi connectivity index (χ0) is 19.7. The number of hydrogen-bond donors (Lipinski definition) is 1. The van der Waals surface area contributed by atoms with E-state index >= 15 is 0 Å². The van der Waals surface area contributed by atoms with E-state index in [2.05, 4.69) is 21.8 Å². The number of nitrogens with zero attached hydrogens (tertiary/aromatic N) is 4. The molecule has 0 aromatic carbocycles. The summed E-state index contributed by atoms with van der Waals surface area (Å²) in [5.74, 6) is 0.109. The van der Waals surface area contributed by atoms with E-state index in [9.17, 15) is 4.79 Å². The number of rotatable bonds is 4. The lowest BCUT2D eigenvalue weighted by atomic mass is 9.78. The molecule has 6 heteroatoms. The predicted octanol–water partition coefficient (Wildman–Crippen LogP) is 3.21. The lowest BCUT2D eigenvalue weighted by Gasteiger charge is -2.50. The van der Waals surface area contributed by atoms with E-state index in [1.54, 1.807) is 6.20 Å². The minimum atomic E-state index is -0.0277. The molecule has 150 valence electrons. The normalized spacial score (nSPS) is 19.0. The molecule has 1 spiro atoms. The molecule has 1 fully saturated rings. The number of H-pyrrole nitrogens is 1. The molecule has 2 aromatic rings. The lowest BCUT2D eigenvalue weighted by Crippen LogP contribution is -2.57. The average Bonchev–Trinajstić information content (AvgIpc) is 3.18. The van der Waals surface area contributed by atoms with E-state index < -0.39 is 0 Å². The zero-order valence-electron chi connectivity index (χ0n) is 17.3. The van der Waals surface area contributed by atoms with Crippen LogP contribution in [0.15, 0.2) is 18.6 Å². The van der Waals surface area contributed by atoms with E-state index in [0.29, 0.717) is 0 Å². The smallest absolute Gasteiger partial charge is 0.255 e. The number of carbonyl (C=O) groups is 1. The second-order valence-corrected chi connectivity index (χ2v) is 8.28. The van der Waals surface area contributed by atoms with Crippen molar-refractivity contribution < 1.29 is 4.79 Å². The minimum Gasteiger partial charge on any atom is -0.348 e. The first-order chi connectivity index (χ1) is 13.5. The highest BCUT2D eigenvalue weighted by Crippen LogP contribution is 2.42. The number of aryl methyl sites for hydroxylation is 2. The third kappa shape index (κ3) is 3.24. The molecule has 1 N–H and O–H groups in total. The van der Waals surface area contributed by atoms with Crippen molar-refractivity contribution >= 4 is 5.91 Å². The number of aromatic amines is 1. The minimum absolute atomic E-state index is 0.0277. The SMILES string of the molecule is CCCCN1CCc2[nH]cnc2C12CCN(C(=O)c1cnc(C)cc1C)CC2. The molecule has 0 atom stereocenters. The summed E-state index contributed by atoms with van der Waals surface area (Å²) in [5.41, 5.74) is 5.16. The Morgan fingerprint density at radius 3 is 2.71 bits per heavy atom. The Bertz CT molecular complexity index is 850. The van der Waals surface area contributed by atoms with Crippen LogP contribution in [0.2, 0.25) is 0 Å². The second kappa shape index (κ2) is 7.66. The van der Waals surface area contributed by atoms with Gasteiger partial charge < -0.3 is 9.88 Å². The quantitative estimate of drug-likeness (QED) is 0.883. The molecule has 0 bridgehead atoms. The summed E-state index contributed by atoms with van der Waals surface area (Å²) in [7, 11) is 0. The van der Waals surface area contributed by atoms with Gasteiger partial charge in [0, 0.05) is 43.6 Å². The molecule has 2 aliphatic heterocycles. The molecular formula is C22H31N5O. The average molecular weight is 382 g/mol. The number of likely N-dealkylation sites (tertiary alicyclic amines) is 1. The summed E-state index contributed by atoms with van der Waals surface area (Å²) in [6, 6.07) is 1.99. The Kier molecular flexibility index (Phi) is 5.23. The van der Waals surface area contributed by atoms with Crippen LogP contribution in [0.3, 0.4) is 0 Å². The Balaban J connectivity index is 1.55. The fourth-order valence-corrected chi connectivity index (χ4v) is 4.92. The Labute approximate surface area is 167 Å². The van der Waals surface area contributed by atoms with Crippen molar-refractivity contribution in [3.63, 3.8) is 0 Å². The van der Waals surface area contributed by atoms with Gasteiger partial charge in [-0.25, -0.2) is 4.98 Å². The first-order valence-corrected chi connectivity index (χ1v) is 10.6. The first kappa shape index (κ1) is 19.1. The molecule has 4 rings (SSSR count). The third-order valence-electron chi connectivity index (χ3n) is 6.53. The number of imidazole rings is 1. The molecule has 1 amide bonds. The Morgan fingerprint density at radius 1 is 1.21 bits per heavy atom. The second-order valence-electron chi connectivity index (χ2n) is 8.28. The third-order valence-corrected chi connectivity index (χ3v) is 6.53. The lowest BCUT2D eigenvalue weighted by molar-refractivity contribution is 0.00628. The van der Waals surface area contributed by atoms with Crippen molar-refractivity contribution in [2.45, 2.75) is 58.4 Å². The van der Waals surface area contributed by atoms with Crippen LogP contribution >= 0.6 is 0 Å². The number of amides is 1. The topological polar surface area (TPSA) is 65.1 Å². The summed E-state index contributed by atoms with van der Waals surface area (Å²) in [6.07, 6.45) is 8.91. The standard InChI is InChI=1S/C22H31N5O/c1-4-5-9-27-10-6-19-20(25-15-24-19)22(27)7-11-26(12-8-22)21(28)18-14-23-17(3)13-16(18)2/h13-15H,4-12H2,1-3H3,(H,24,25). The molecule has 6 nitrogen and oxygen atoms in total. The number of nitrogens with one attached hydrogen (secondary N) is 1. The van der Waals surface area contributed by atoms with Gasteiger partial charge in [-0.15, -0.1) is 0 Å². The van der Waals surface area contributed by atoms with E-state index in [-0.39, 0.29) is 11.4 Å². The summed E-state index contributed by atoms with van der Waals surface area (Å²) in [4.78, 5) is 30.2. The Morgan fingerprint density at radius 2 is 2.00 bits per heavy atom. The number of carbonyl (C=O) groups excluding carboxylic acids is 1. The van der Waals surface area contributed by atoms with Crippen molar-refractivity contribution in [1.82, 2.24) is 24.8 Å². The molecule has 2 aromatic heterocycles. The summed E-state index contributed by atoms with van der Waals surface area (Å²) < 4.78 is 0. The molecule has 0 unspecified atom stereocenters. The van der Waals surface area contributed by atoms with Gasteiger partial charge in [0.1, 0.15) is 0 Å². The monoisotopic (exact) mass is 381 g/mol. The van der Waals surface area contributed by atoms with Crippen LogP contribution in [0.25, 0.3) is 0 Å². The van der Waals surface area contributed by atoms with E-state index in [0.717, 1.165) is 62.3 Å². The van der Waals surface area contributed by atoms with Crippen molar-refractivity contribution in [3.05, 3.63) is 46.8 Å². The molecule has 0 radical (unpaired) electrons. The van der Waals surface area contributed by atoms with E-state index in [1.807, 2.05) is 31.1 Å². The fourth-order valence-electron chi connectivity index (χ4n) is 4.92. The highest BCUT2D eigenvalue weighted by molar-refractivity contribution is 5.95. The van der Waals surface area contributed by atoms with Crippen LogP contribution in [0, 0.1) is 13.8 Å². The van der Waals surface area contributed by atoms with Gasteiger partial charge in [-0.1, -0.05) is 13.3 Å². The van der Waals surface area contributed by atoms with Gasteiger partial charge in [-0.2, -0.15) is 0 Å². The number of unbranched alkanes of at least 4 members (excludes halogenated alkanes) is 1. The van der Waals surface area contributed by atoms with Crippen LogP contribution in [-0.2, 0) is 12.0 Å². The van der Waals surface area contributed by atoms with Crippen LogP contribution in [-0.4, -0.2) is 56.8 Å². The number of piperidine rings is 1. The van der Waals surface area contributed by atoms with Gasteiger partial charge in [-0.3, -0.25) is 14.7 Å². The zero-order valence-corrected chi connectivity index (χ0v) is 17.3. The molecule has 4 heterocycles. The van der Waals surface area contributed by atoms with Crippen LogP contribution in [0.4, 0.5) is 0 Å². The molecular weight excluding hydrogens is 350 g/mol. The molecule has 1 saturated heterocycles. The van der Waals surface area contributed by atoms with Crippen LogP contribution < -0.4 is 0 Å². The van der Waals surface area contributed by atoms with Crippen LogP contribution in [0.5, 0.6) is 0 Å². The largest absolute Gasteiger partial charge is 0.348 e. The number of aromatic nitrogens is 3. The van der Waals surface area contributed by atoms with Crippen LogP contribution in [0.1, 0.15) is 65.6 Å². The van der Waals surface area contributed by atoms with Crippen molar-refractivity contribution in [1.29, 1.82) is 0 Å². The van der Waals surface area contributed by atoms with Gasteiger partial charge >= 0.3 is 0 Å². The number of fused-ring (bicyclic) bond motifs is 2. The highest BCUT2D eigenvalue weighted by atomic mass is 16.2. The van der Waals surface area contributed by atoms with Crippen molar-refractivity contribution in [2.75, 3.05) is 26.2 Å². The summed E-state index contributed by atoms with van der Waals surface area (Å²) in [5, 5.41) is 0. The molecule has 0 saturated carbocycles. The van der Waals surface area contributed by atoms with E-state index in [1.165, 1.54) is 24.2 Å². The number of pyridine rings is 1. The maximum atomic E-state index is 13.1. The fraction of sp³-hybridized carbons (Fsp3) is 0.591. The highest BCUT2D eigenvalue weighted by Gasteiger charge is 2.46. The van der Waals surface area contributed by atoms with Gasteiger partial charge in [0.15, 0.2) is 0 Å². The van der Waals surface area contributed by atoms with Crippen molar-refractivity contribution in [3.8, 4) is 0 Å². The van der Waals surface area contributed by atoms with Gasteiger partial charge in [0.2, 0.25) is 0 Å². The number of hydrogen-bond acceptors (Lipinski definition) is 4. The molecule has 2 aliphatic rings. The summed E-state index contributed by atoms with van der Waals surface area (Å²) in [6.45, 7) is 9.91. The van der Waals surface area contributed by atoms with Gasteiger partial charge in [0.25, 0.3) is 5.91 Å². The maximum absolute atomic E-state index is 13.1. The Hall–Kier alpha value is -2.21. The predicted molar refractivity (Wildman–Crippen MR) is 109 cm³/mol. The summed E-state index contributed by atoms with van der Waals surface area (Å²) >= 11 is 0. The van der Waals surface area contributed by atoms with E-state index in [4.69, 9.17) is 4.98 Å². The van der Waals surface area contributed by atoms with Gasteiger partial charge in [-0.05, 0) is 51.3 Å². The maximum Gasteiger partial charge on any atom is 0.255 e. The molecule has 28 heavy (non-hydrogen) atoms. The van der Waals surface area contributed by atoms with Gasteiger partial charge in [0.05, 0.1) is 23.1 Å².